The molecule has 7 heteroatoms. The van der Waals surface area contributed by atoms with Gasteiger partial charge in [0.2, 0.25) is 0 Å². The number of aromatic carboxylic acids is 1. The molecule has 21 heavy (non-hydrogen) atoms. The Morgan fingerprint density at radius 2 is 1.86 bits per heavy atom. The van der Waals surface area contributed by atoms with E-state index in [1.807, 2.05) is 0 Å². The van der Waals surface area contributed by atoms with Crippen LogP contribution in [-0.4, -0.2) is 25.8 Å². The predicted octanol–water partition coefficient (Wildman–Crippen LogP) is 0.772. The molecule has 0 saturated heterocycles. The second-order valence-corrected chi connectivity index (χ2v) is 4.33. The molecule has 3 rings (SSSR count). The van der Waals surface area contributed by atoms with Crippen LogP contribution in [0, 0.1) is 0 Å². The molecule has 7 nitrogen and oxygen atoms in total. The summed E-state index contributed by atoms with van der Waals surface area (Å²) >= 11 is 0. The van der Waals surface area contributed by atoms with Crippen molar-refractivity contribution in [2.75, 3.05) is 0 Å². The fourth-order valence-corrected chi connectivity index (χ4v) is 2.02. The molecule has 3 aromatic rings. The van der Waals surface area contributed by atoms with Crippen LogP contribution < -0.4 is 11.1 Å². The van der Waals surface area contributed by atoms with Crippen LogP contribution in [0.2, 0.25) is 0 Å². The van der Waals surface area contributed by atoms with Gasteiger partial charge in [0.15, 0.2) is 0 Å². The highest BCUT2D eigenvalue weighted by atomic mass is 16.4. The lowest BCUT2D eigenvalue weighted by Gasteiger charge is -2.06. The number of benzene rings is 1. The third kappa shape index (κ3) is 2.10. The van der Waals surface area contributed by atoms with E-state index >= 15 is 0 Å². The Kier molecular flexibility index (Phi) is 2.87. The van der Waals surface area contributed by atoms with Crippen LogP contribution in [0.15, 0.2) is 52.2 Å². The molecule has 0 aliphatic heterocycles. The summed E-state index contributed by atoms with van der Waals surface area (Å²) < 4.78 is 1.07. The van der Waals surface area contributed by atoms with Crippen LogP contribution in [0.25, 0.3) is 16.6 Å². The molecule has 2 heterocycles. The molecule has 0 amide bonds. The highest BCUT2D eigenvalue weighted by Crippen LogP contribution is 2.08. The maximum absolute atomic E-state index is 12.3. The number of carbonyl (C=O) groups is 1. The van der Waals surface area contributed by atoms with Crippen LogP contribution in [0.4, 0.5) is 0 Å². The maximum Gasteiger partial charge on any atom is 0.335 e. The minimum atomic E-state index is -1.06. The molecule has 0 saturated carbocycles. The van der Waals surface area contributed by atoms with Crippen molar-refractivity contribution >= 4 is 16.9 Å². The zero-order chi connectivity index (χ0) is 15.0. The summed E-state index contributed by atoms with van der Waals surface area (Å²) in [6.45, 7) is 0. The summed E-state index contributed by atoms with van der Waals surface area (Å²) in [6.07, 6.45) is 1.43. The Balaban J connectivity index is 2.26. The summed E-state index contributed by atoms with van der Waals surface area (Å²) in [4.78, 5) is 39.0. The fourth-order valence-electron chi connectivity index (χ4n) is 2.02. The number of nitrogens with zero attached hydrogens (tertiary/aromatic N) is 2. The monoisotopic (exact) mass is 283 g/mol. The Hall–Kier alpha value is -3.22. The van der Waals surface area contributed by atoms with Crippen LogP contribution in [-0.2, 0) is 0 Å². The van der Waals surface area contributed by atoms with Gasteiger partial charge in [-0.25, -0.2) is 9.48 Å². The third-order valence-electron chi connectivity index (χ3n) is 3.04. The molecular formula is C14H9N3O4. The first-order valence-electron chi connectivity index (χ1n) is 6.02. The summed E-state index contributed by atoms with van der Waals surface area (Å²) in [7, 11) is 0. The molecule has 1 aromatic carbocycles. The van der Waals surface area contributed by atoms with Crippen molar-refractivity contribution in [1.29, 1.82) is 0 Å². The van der Waals surface area contributed by atoms with Gasteiger partial charge in [0.1, 0.15) is 5.52 Å². The zero-order valence-corrected chi connectivity index (χ0v) is 10.6. The molecule has 0 spiro atoms. The molecule has 0 fully saturated rings. The lowest BCUT2D eigenvalue weighted by atomic mass is 10.2. The normalized spacial score (nSPS) is 10.7. The van der Waals surface area contributed by atoms with E-state index < -0.39 is 17.1 Å². The standard InChI is InChI=1S/C14H9N3O4/c18-12-11-10(2-1-7-15-11)13(19)17(16-12)9-5-3-8(4-6-9)14(20)21/h1-7H,(H,16,18)(H,20,21). The second kappa shape index (κ2) is 4.71. The SMILES string of the molecule is O=C(O)c1ccc(-n2[nH]c(=O)c3ncccc3c2=O)cc1. The molecule has 0 aliphatic rings. The number of rotatable bonds is 2. The van der Waals surface area contributed by atoms with E-state index in [0.717, 1.165) is 4.68 Å². The van der Waals surface area contributed by atoms with E-state index in [0.29, 0.717) is 5.69 Å². The van der Waals surface area contributed by atoms with E-state index in [4.69, 9.17) is 5.11 Å². The summed E-state index contributed by atoms with van der Waals surface area (Å²) in [5.74, 6) is -1.06. The van der Waals surface area contributed by atoms with Gasteiger partial charge in [-0.05, 0) is 36.4 Å². The molecule has 104 valence electrons. The third-order valence-corrected chi connectivity index (χ3v) is 3.04. The molecule has 0 atom stereocenters. The van der Waals surface area contributed by atoms with Gasteiger partial charge in [-0.3, -0.25) is 19.7 Å². The number of nitrogens with one attached hydrogen (secondary N) is 1. The Labute approximate surface area is 117 Å². The van der Waals surface area contributed by atoms with E-state index in [-0.39, 0.29) is 16.5 Å². The van der Waals surface area contributed by atoms with Gasteiger partial charge in [0.25, 0.3) is 11.1 Å². The van der Waals surface area contributed by atoms with Crippen LogP contribution >= 0.6 is 0 Å². The van der Waals surface area contributed by atoms with Gasteiger partial charge in [-0.1, -0.05) is 0 Å². The molecule has 0 radical (unpaired) electrons. The van der Waals surface area contributed by atoms with Gasteiger partial charge in [0.05, 0.1) is 16.6 Å². The molecule has 0 bridgehead atoms. The van der Waals surface area contributed by atoms with E-state index in [1.54, 1.807) is 6.07 Å². The smallest absolute Gasteiger partial charge is 0.335 e. The van der Waals surface area contributed by atoms with Gasteiger partial charge < -0.3 is 5.11 Å². The van der Waals surface area contributed by atoms with E-state index in [2.05, 4.69) is 10.1 Å². The van der Waals surface area contributed by atoms with Crippen molar-refractivity contribution in [3.63, 3.8) is 0 Å². The topological polar surface area (TPSA) is 105 Å². The number of carboxylic acid groups (broad SMARTS) is 1. The lowest BCUT2D eigenvalue weighted by molar-refractivity contribution is 0.0697. The summed E-state index contributed by atoms with van der Waals surface area (Å²) in [5.41, 5.74) is -0.390. The summed E-state index contributed by atoms with van der Waals surface area (Å²) in [6, 6.07) is 8.70. The van der Waals surface area contributed by atoms with Crippen molar-refractivity contribution in [3.8, 4) is 5.69 Å². The van der Waals surface area contributed by atoms with E-state index in [1.165, 1.54) is 36.5 Å². The molecule has 2 aromatic heterocycles. The van der Waals surface area contributed by atoms with Crippen molar-refractivity contribution in [3.05, 3.63) is 68.9 Å². The number of hydrogen-bond donors (Lipinski definition) is 2. The minimum Gasteiger partial charge on any atom is -0.478 e. The van der Waals surface area contributed by atoms with Gasteiger partial charge in [-0.15, -0.1) is 0 Å². The Morgan fingerprint density at radius 1 is 1.14 bits per heavy atom. The fraction of sp³-hybridized carbons (Fsp3) is 0. The number of aromatic amines is 1. The second-order valence-electron chi connectivity index (χ2n) is 4.33. The van der Waals surface area contributed by atoms with Gasteiger partial charge in [0, 0.05) is 6.20 Å². The lowest BCUT2D eigenvalue weighted by Crippen LogP contribution is -2.29. The average molecular weight is 283 g/mol. The van der Waals surface area contributed by atoms with Crippen molar-refractivity contribution in [2.45, 2.75) is 0 Å². The Bertz CT molecular complexity index is 954. The molecule has 0 unspecified atom stereocenters. The predicted molar refractivity (Wildman–Crippen MR) is 74.9 cm³/mol. The quantitative estimate of drug-likeness (QED) is 0.722. The Morgan fingerprint density at radius 3 is 2.52 bits per heavy atom. The highest BCUT2D eigenvalue weighted by Gasteiger charge is 2.10. The number of hydrogen-bond acceptors (Lipinski definition) is 4. The average Bonchev–Trinajstić information content (AvgIpc) is 2.51. The number of fused-ring (bicyclic) bond motifs is 1. The zero-order valence-electron chi connectivity index (χ0n) is 10.6. The summed E-state index contributed by atoms with van der Waals surface area (Å²) in [5, 5.41) is 11.5. The first-order chi connectivity index (χ1) is 10.1. The highest BCUT2D eigenvalue weighted by molar-refractivity contribution is 5.87. The van der Waals surface area contributed by atoms with Crippen molar-refractivity contribution in [1.82, 2.24) is 14.8 Å². The maximum atomic E-state index is 12.3. The van der Waals surface area contributed by atoms with Crippen molar-refractivity contribution < 1.29 is 9.90 Å². The number of carboxylic acids is 1. The van der Waals surface area contributed by atoms with Gasteiger partial charge in [-0.2, -0.15) is 0 Å². The molecule has 0 aliphatic carbocycles. The first-order valence-corrected chi connectivity index (χ1v) is 6.02. The van der Waals surface area contributed by atoms with E-state index in [9.17, 15) is 14.4 Å². The number of aromatic nitrogens is 3. The number of H-pyrrole nitrogens is 1. The van der Waals surface area contributed by atoms with Crippen molar-refractivity contribution in [2.24, 2.45) is 0 Å². The first kappa shape index (κ1) is 12.8. The minimum absolute atomic E-state index is 0.0703. The molecular weight excluding hydrogens is 274 g/mol. The van der Waals surface area contributed by atoms with Crippen LogP contribution in [0.5, 0.6) is 0 Å². The van der Waals surface area contributed by atoms with Gasteiger partial charge >= 0.3 is 5.97 Å². The van der Waals surface area contributed by atoms with Crippen LogP contribution in [0.3, 0.4) is 0 Å². The van der Waals surface area contributed by atoms with Crippen LogP contribution in [0.1, 0.15) is 10.4 Å². The molecule has 2 N–H and O–H groups in total. The number of pyridine rings is 1. The largest absolute Gasteiger partial charge is 0.478 e.